The number of aliphatic hydroxyl groups is 1. The largest absolute Gasteiger partial charge is 0.464 e. The molecule has 2 aromatic rings. The molecule has 3 rings (SSSR count). The molecule has 0 amide bonds. The smallest absolute Gasteiger partial charge is 0.459 e. The van der Waals surface area contributed by atoms with E-state index in [4.69, 9.17) is 19.5 Å². The quantitative estimate of drug-likeness (QED) is 0.287. The van der Waals surface area contributed by atoms with Crippen molar-refractivity contribution in [1.29, 1.82) is 0 Å². The molecule has 1 aromatic heterocycles. The number of anilines is 1. The molecule has 4 N–H and O–H groups in total. The number of hydrogen-bond acceptors (Lipinski definition) is 11. The molecule has 14 heteroatoms. The fourth-order valence-electron chi connectivity index (χ4n) is 3.13. The van der Waals surface area contributed by atoms with Crippen LogP contribution in [-0.4, -0.2) is 56.2 Å². The number of nitrogens with zero attached hydrogens (tertiary/aromatic N) is 3. The van der Waals surface area contributed by atoms with Crippen LogP contribution in [0.25, 0.3) is 0 Å². The van der Waals surface area contributed by atoms with Crippen LogP contribution in [0.1, 0.15) is 32.6 Å². The van der Waals surface area contributed by atoms with Gasteiger partial charge < -0.3 is 20.1 Å². The van der Waals surface area contributed by atoms with E-state index in [2.05, 4.69) is 15.1 Å². The minimum absolute atomic E-state index is 0.138. The van der Waals surface area contributed by atoms with E-state index in [1.54, 1.807) is 30.3 Å². The third-order valence-corrected chi connectivity index (χ3v) is 8.08. The zero-order valence-corrected chi connectivity index (χ0v) is 21.4. The van der Waals surface area contributed by atoms with E-state index in [1.807, 2.05) is 13.8 Å². The molecule has 0 bridgehead atoms. The van der Waals surface area contributed by atoms with E-state index in [0.717, 1.165) is 0 Å². The molecule has 35 heavy (non-hydrogen) atoms. The third-order valence-electron chi connectivity index (χ3n) is 4.90. The molecule has 2 heterocycles. The summed E-state index contributed by atoms with van der Waals surface area (Å²) in [5, 5.41) is 12.2. The van der Waals surface area contributed by atoms with Crippen LogP contribution < -0.4 is 21.0 Å². The highest BCUT2D eigenvalue weighted by Crippen LogP contribution is 2.48. The number of hydrogen-bond donors (Lipinski definition) is 3. The normalized spacial score (nSPS) is 22.5. The second kappa shape index (κ2) is 12.0. The molecule has 12 nitrogen and oxygen atoms in total. The topological polar surface area (TPSA) is 168 Å². The van der Waals surface area contributed by atoms with Crippen molar-refractivity contribution in [1.82, 2.24) is 19.6 Å². The Morgan fingerprint density at radius 1 is 1.34 bits per heavy atom. The predicted octanol–water partition coefficient (Wildman–Crippen LogP) is 1.97. The highest BCUT2D eigenvalue weighted by atomic mass is 32.2. The summed E-state index contributed by atoms with van der Waals surface area (Å²) in [5.41, 5.74) is 4.85. The first-order valence-electron chi connectivity index (χ1n) is 11.0. The van der Waals surface area contributed by atoms with E-state index < -0.39 is 42.2 Å². The summed E-state index contributed by atoms with van der Waals surface area (Å²) in [6.07, 6.45) is 0.627. The van der Waals surface area contributed by atoms with E-state index in [0.29, 0.717) is 0 Å². The van der Waals surface area contributed by atoms with Gasteiger partial charge in [-0.25, -0.2) is 14.3 Å². The maximum atomic E-state index is 13.6. The number of esters is 1. The summed E-state index contributed by atoms with van der Waals surface area (Å²) in [6, 6.07) is 7.39. The van der Waals surface area contributed by atoms with Gasteiger partial charge in [-0.05, 0) is 25.0 Å². The van der Waals surface area contributed by atoms with Crippen LogP contribution in [0.4, 0.5) is 5.95 Å². The molecule has 5 atom stereocenters. The first-order valence-corrected chi connectivity index (χ1v) is 13.5. The first kappa shape index (κ1) is 27.2. The third kappa shape index (κ3) is 7.77. The van der Waals surface area contributed by atoms with Crippen molar-refractivity contribution in [2.24, 2.45) is 5.92 Å². The van der Waals surface area contributed by atoms with Crippen LogP contribution in [0, 0.1) is 5.92 Å². The molecule has 0 saturated carbocycles. The number of carbonyl (C=O) groups is 1. The number of carbonyl (C=O) groups excluding carboxylic acids is 1. The van der Waals surface area contributed by atoms with E-state index in [1.165, 1.54) is 29.6 Å². The molecule has 1 aliphatic rings. The average Bonchev–Trinajstić information content (AvgIpc) is 3.16. The van der Waals surface area contributed by atoms with E-state index >= 15 is 0 Å². The lowest BCUT2D eigenvalue weighted by Gasteiger charge is -2.24. The Morgan fingerprint density at radius 3 is 2.71 bits per heavy atom. The van der Waals surface area contributed by atoms with E-state index in [9.17, 15) is 19.3 Å². The number of nitrogen functional groups attached to an aromatic ring is 1. The Hall–Kier alpha value is -2.44. The van der Waals surface area contributed by atoms with Crippen LogP contribution in [0.5, 0.6) is 5.75 Å². The van der Waals surface area contributed by atoms with Crippen LogP contribution in [0.15, 0.2) is 41.5 Å². The molecule has 0 unspecified atom stereocenters. The van der Waals surface area contributed by atoms with Crippen molar-refractivity contribution in [3.63, 3.8) is 0 Å². The lowest BCUT2D eigenvalue weighted by atomic mass is 10.2. The first-order chi connectivity index (χ1) is 16.6. The fourth-order valence-corrected chi connectivity index (χ4v) is 6.18. The predicted molar refractivity (Wildman–Crippen MR) is 131 cm³/mol. The van der Waals surface area contributed by atoms with Gasteiger partial charge in [0.1, 0.15) is 18.1 Å². The number of rotatable bonds is 11. The Labute approximate surface area is 207 Å². The Kier molecular flexibility index (Phi) is 9.31. The zero-order valence-electron chi connectivity index (χ0n) is 19.6. The number of benzene rings is 1. The van der Waals surface area contributed by atoms with Gasteiger partial charge in [0.25, 0.3) is 0 Å². The van der Waals surface area contributed by atoms with Gasteiger partial charge in [-0.2, -0.15) is 10.1 Å². The van der Waals surface area contributed by atoms with Gasteiger partial charge in [0, 0.05) is 6.42 Å². The maximum absolute atomic E-state index is 13.6. The summed E-state index contributed by atoms with van der Waals surface area (Å²) < 4.78 is 31.4. The van der Waals surface area contributed by atoms with Gasteiger partial charge in [-0.15, -0.1) is 11.8 Å². The van der Waals surface area contributed by atoms with Crippen LogP contribution in [0.3, 0.4) is 0 Å². The van der Waals surface area contributed by atoms with Gasteiger partial charge in [0.15, 0.2) is 0 Å². The van der Waals surface area contributed by atoms with Gasteiger partial charge >= 0.3 is 19.4 Å². The molecule has 0 aliphatic carbocycles. The summed E-state index contributed by atoms with van der Waals surface area (Å²) in [4.78, 5) is 31.9. The second-order valence-corrected chi connectivity index (χ2v) is 11.5. The lowest BCUT2D eigenvalue weighted by Crippen LogP contribution is -2.36. The van der Waals surface area contributed by atoms with Gasteiger partial charge in [0.2, 0.25) is 5.95 Å². The second-order valence-electron chi connectivity index (χ2n) is 8.41. The summed E-state index contributed by atoms with van der Waals surface area (Å²) in [5.74, 6) is -0.324. The number of aliphatic hydroxyl groups excluding tert-OH is 1. The van der Waals surface area contributed by atoms with Crippen LogP contribution in [-0.2, 0) is 18.6 Å². The fraction of sp³-hybridized carbons (Fsp3) is 0.524. The molecule has 1 aromatic carbocycles. The average molecular weight is 528 g/mol. The SMILES string of the molecule is CC(C)COC(=O)[C@H](C)N[P@](=O)(OC[C@H]1S[C@@H](n2cnc(N)nc2=O)C[C@@H]1O)Oc1ccccc1. The van der Waals surface area contributed by atoms with Crippen LogP contribution in [0.2, 0.25) is 0 Å². The van der Waals surface area contributed by atoms with Crippen molar-refractivity contribution in [2.45, 2.75) is 50.0 Å². The van der Waals surface area contributed by atoms with Crippen molar-refractivity contribution in [3.8, 4) is 5.75 Å². The lowest BCUT2D eigenvalue weighted by molar-refractivity contribution is -0.146. The van der Waals surface area contributed by atoms with Crippen molar-refractivity contribution < 1.29 is 28.3 Å². The van der Waals surface area contributed by atoms with Crippen molar-refractivity contribution in [2.75, 3.05) is 18.9 Å². The number of ether oxygens (including phenoxy) is 1. The Morgan fingerprint density at radius 2 is 2.06 bits per heavy atom. The molecule has 1 fully saturated rings. The monoisotopic (exact) mass is 527 g/mol. The highest BCUT2D eigenvalue weighted by molar-refractivity contribution is 8.00. The zero-order chi connectivity index (χ0) is 25.6. The minimum atomic E-state index is -4.07. The van der Waals surface area contributed by atoms with Crippen LogP contribution >= 0.6 is 19.5 Å². The molecular formula is C21H30N5O7PS. The standard InChI is InChI=1S/C21H30N5O7PS/c1-13(2)10-31-19(28)14(3)25-34(30,33-15-7-5-4-6-8-15)32-11-17-16(27)9-18(35-17)26-12-23-20(22)24-21(26)29/h4-8,12-14,16-18,27H,9-11H2,1-3H3,(H,25,30)(H2,22,24,29)/t14-,16-,17+,18+,34-/m0/s1. The molecule has 0 radical (unpaired) electrons. The molecule has 1 aliphatic heterocycles. The van der Waals surface area contributed by atoms with Gasteiger partial charge in [0.05, 0.1) is 29.9 Å². The summed E-state index contributed by atoms with van der Waals surface area (Å²) in [7, 11) is -4.07. The van der Waals surface area contributed by atoms with Crippen molar-refractivity contribution in [3.05, 3.63) is 47.1 Å². The maximum Gasteiger partial charge on any atom is 0.459 e. The summed E-state index contributed by atoms with van der Waals surface area (Å²) in [6.45, 7) is 5.34. The summed E-state index contributed by atoms with van der Waals surface area (Å²) >= 11 is 1.25. The number of thioether (sulfide) groups is 1. The molecular weight excluding hydrogens is 497 g/mol. The highest BCUT2D eigenvalue weighted by Gasteiger charge is 2.39. The van der Waals surface area contributed by atoms with Gasteiger partial charge in [-0.3, -0.25) is 13.9 Å². The number of para-hydroxylation sites is 1. The minimum Gasteiger partial charge on any atom is -0.464 e. The number of nitrogens with one attached hydrogen (secondary N) is 1. The number of nitrogens with two attached hydrogens (primary N) is 1. The Balaban J connectivity index is 1.69. The Bertz CT molecular complexity index is 1100. The van der Waals surface area contributed by atoms with Crippen molar-refractivity contribution >= 4 is 31.4 Å². The molecule has 0 spiro atoms. The van der Waals surface area contributed by atoms with Gasteiger partial charge in [-0.1, -0.05) is 32.0 Å². The van der Waals surface area contributed by atoms with E-state index in [-0.39, 0.29) is 37.3 Å². The molecule has 1 saturated heterocycles. The number of aromatic nitrogens is 3. The molecule has 192 valence electrons.